The van der Waals surface area contributed by atoms with E-state index in [-0.39, 0.29) is 12.0 Å². The van der Waals surface area contributed by atoms with Crippen molar-refractivity contribution in [2.24, 2.45) is 0 Å². The van der Waals surface area contributed by atoms with E-state index in [9.17, 15) is 4.79 Å². The Morgan fingerprint density at radius 3 is 2.21 bits per heavy atom. The van der Waals surface area contributed by atoms with Crippen LogP contribution >= 0.6 is 0 Å². The molecule has 0 aliphatic carbocycles. The third kappa shape index (κ3) is 4.43. The van der Waals surface area contributed by atoms with Crippen LogP contribution in [0, 0.1) is 0 Å². The lowest BCUT2D eigenvalue weighted by Gasteiger charge is -2.26. The zero-order valence-corrected chi connectivity index (χ0v) is 15.7. The molecule has 3 heterocycles. The number of carbonyl (C=O) groups is 1. The molecule has 1 aliphatic heterocycles. The predicted molar refractivity (Wildman–Crippen MR) is 108 cm³/mol. The van der Waals surface area contributed by atoms with Crippen molar-refractivity contribution in [1.29, 1.82) is 0 Å². The van der Waals surface area contributed by atoms with Gasteiger partial charge in [-0.25, -0.2) is 0 Å². The number of aromatic nitrogens is 2. The molecule has 5 nitrogen and oxygen atoms in total. The Morgan fingerprint density at radius 1 is 0.929 bits per heavy atom. The largest absolute Gasteiger partial charge is 0.376 e. The van der Waals surface area contributed by atoms with Gasteiger partial charge in [0.05, 0.1) is 6.10 Å². The molecule has 1 aromatic carbocycles. The summed E-state index contributed by atoms with van der Waals surface area (Å²) in [6, 6.07) is 15.6. The lowest BCUT2D eigenvalue weighted by Crippen LogP contribution is -2.37. The van der Waals surface area contributed by atoms with Gasteiger partial charge in [-0.3, -0.25) is 14.8 Å². The first-order chi connectivity index (χ1) is 13.8. The second-order valence-corrected chi connectivity index (χ2v) is 6.99. The number of pyridine rings is 2. The first kappa shape index (κ1) is 18.3. The number of amides is 1. The number of benzene rings is 1. The van der Waals surface area contributed by atoms with Crippen LogP contribution in [0.3, 0.4) is 0 Å². The quantitative estimate of drug-likeness (QED) is 0.656. The molecule has 142 valence electrons. The van der Waals surface area contributed by atoms with Crippen LogP contribution in [0.25, 0.3) is 11.1 Å². The molecular formula is C23H23N3O2. The molecule has 0 N–H and O–H groups in total. The Kier molecular flexibility index (Phi) is 5.73. The van der Waals surface area contributed by atoms with Gasteiger partial charge < -0.3 is 9.64 Å². The molecule has 5 heteroatoms. The number of nitrogens with zero attached hydrogens (tertiary/aromatic N) is 3. The van der Waals surface area contributed by atoms with Crippen LogP contribution < -0.4 is 0 Å². The Labute approximate surface area is 165 Å². The lowest BCUT2D eigenvalue weighted by molar-refractivity contribution is 0.0507. The summed E-state index contributed by atoms with van der Waals surface area (Å²) in [5.41, 5.74) is 3.90. The van der Waals surface area contributed by atoms with E-state index in [4.69, 9.17) is 4.74 Å². The molecule has 0 unspecified atom stereocenters. The second kappa shape index (κ2) is 8.76. The summed E-state index contributed by atoms with van der Waals surface area (Å²) in [5.74, 6) is 0.0218. The van der Waals surface area contributed by atoms with Crippen molar-refractivity contribution in [3.05, 3.63) is 84.4 Å². The first-order valence-electron chi connectivity index (χ1n) is 9.60. The summed E-state index contributed by atoms with van der Waals surface area (Å²) < 4.78 is 5.77. The van der Waals surface area contributed by atoms with E-state index in [1.807, 2.05) is 53.4 Å². The van der Waals surface area contributed by atoms with Crippen LogP contribution in [-0.4, -0.2) is 40.0 Å². The van der Waals surface area contributed by atoms with Gasteiger partial charge in [-0.2, -0.15) is 0 Å². The van der Waals surface area contributed by atoms with Crippen LogP contribution in [0.5, 0.6) is 0 Å². The third-order valence-corrected chi connectivity index (χ3v) is 5.00. The molecule has 4 rings (SSSR count). The van der Waals surface area contributed by atoms with Gasteiger partial charge in [-0.05, 0) is 65.9 Å². The average Bonchev–Trinajstić information content (AvgIpc) is 3.27. The van der Waals surface area contributed by atoms with Crippen molar-refractivity contribution in [2.45, 2.75) is 25.5 Å². The van der Waals surface area contributed by atoms with Crippen LogP contribution in [0.4, 0.5) is 0 Å². The van der Waals surface area contributed by atoms with E-state index in [1.165, 1.54) is 0 Å². The van der Waals surface area contributed by atoms with E-state index in [0.717, 1.165) is 36.1 Å². The molecule has 1 atom stereocenters. The van der Waals surface area contributed by atoms with Crippen molar-refractivity contribution in [3.8, 4) is 11.1 Å². The summed E-state index contributed by atoms with van der Waals surface area (Å²) in [7, 11) is 0. The monoisotopic (exact) mass is 373 g/mol. The lowest BCUT2D eigenvalue weighted by atomic mass is 10.0. The minimum Gasteiger partial charge on any atom is -0.376 e. The SMILES string of the molecule is O=C(c1ccc(-c2ccncc2)cc1)N(Cc1ccncc1)C[C@H]1CCCO1. The van der Waals surface area contributed by atoms with Crippen molar-refractivity contribution in [1.82, 2.24) is 14.9 Å². The van der Waals surface area contributed by atoms with Crippen molar-refractivity contribution in [3.63, 3.8) is 0 Å². The van der Waals surface area contributed by atoms with Gasteiger partial charge in [0.15, 0.2) is 0 Å². The van der Waals surface area contributed by atoms with E-state index in [0.29, 0.717) is 18.7 Å². The van der Waals surface area contributed by atoms with Gasteiger partial charge in [0, 0.05) is 50.0 Å². The molecule has 1 amide bonds. The van der Waals surface area contributed by atoms with E-state index < -0.39 is 0 Å². The Balaban J connectivity index is 1.53. The van der Waals surface area contributed by atoms with Crippen LogP contribution in [0.2, 0.25) is 0 Å². The highest BCUT2D eigenvalue weighted by Gasteiger charge is 2.23. The van der Waals surface area contributed by atoms with Gasteiger partial charge in [0.2, 0.25) is 0 Å². The first-order valence-corrected chi connectivity index (χ1v) is 9.60. The van der Waals surface area contributed by atoms with Gasteiger partial charge in [0.25, 0.3) is 5.91 Å². The number of ether oxygens (including phenoxy) is 1. The van der Waals surface area contributed by atoms with E-state index in [2.05, 4.69) is 9.97 Å². The maximum absolute atomic E-state index is 13.2. The molecule has 0 radical (unpaired) electrons. The minimum atomic E-state index is 0.0218. The van der Waals surface area contributed by atoms with Crippen molar-refractivity contribution < 1.29 is 9.53 Å². The van der Waals surface area contributed by atoms with E-state index >= 15 is 0 Å². The molecule has 0 saturated carbocycles. The van der Waals surface area contributed by atoms with Crippen molar-refractivity contribution in [2.75, 3.05) is 13.2 Å². The summed E-state index contributed by atoms with van der Waals surface area (Å²) in [5, 5.41) is 0. The summed E-state index contributed by atoms with van der Waals surface area (Å²) in [4.78, 5) is 23.2. The summed E-state index contributed by atoms with van der Waals surface area (Å²) in [6.07, 6.45) is 9.23. The average molecular weight is 373 g/mol. The molecule has 28 heavy (non-hydrogen) atoms. The highest BCUT2D eigenvalue weighted by atomic mass is 16.5. The highest BCUT2D eigenvalue weighted by Crippen LogP contribution is 2.21. The molecule has 0 bridgehead atoms. The third-order valence-electron chi connectivity index (χ3n) is 5.00. The zero-order valence-electron chi connectivity index (χ0n) is 15.7. The maximum Gasteiger partial charge on any atom is 0.254 e. The standard InChI is InChI=1S/C23H23N3O2/c27-23(21-5-3-19(4-6-21)20-9-13-25-14-10-20)26(17-22-2-1-15-28-22)16-18-7-11-24-12-8-18/h3-14,22H,1-2,15-17H2/t22-/m1/s1. The topological polar surface area (TPSA) is 55.3 Å². The van der Waals surface area contributed by atoms with Crippen LogP contribution in [-0.2, 0) is 11.3 Å². The predicted octanol–water partition coefficient (Wildman–Crippen LogP) is 3.97. The van der Waals surface area contributed by atoms with Gasteiger partial charge in [0.1, 0.15) is 0 Å². The fraction of sp³-hybridized carbons (Fsp3) is 0.261. The second-order valence-electron chi connectivity index (χ2n) is 6.99. The van der Waals surface area contributed by atoms with Crippen LogP contribution in [0.15, 0.2) is 73.3 Å². The Bertz CT molecular complexity index is 892. The minimum absolute atomic E-state index is 0.0218. The molecule has 1 saturated heterocycles. The molecule has 1 aliphatic rings. The normalized spacial score (nSPS) is 16.1. The Morgan fingerprint density at radius 2 is 1.57 bits per heavy atom. The number of hydrogen-bond donors (Lipinski definition) is 0. The van der Waals surface area contributed by atoms with Gasteiger partial charge >= 0.3 is 0 Å². The van der Waals surface area contributed by atoms with E-state index in [1.54, 1.807) is 24.8 Å². The fourth-order valence-electron chi connectivity index (χ4n) is 3.49. The van der Waals surface area contributed by atoms with Crippen molar-refractivity contribution >= 4 is 5.91 Å². The number of hydrogen-bond acceptors (Lipinski definition) is 4. The smallest absolute Gasteiger partial charge is 0.254 e. The fourth-order valence-corrected chi connectivity index (χ4v) is 3.49. The summed E-state index contributed by atoms with van der Waals surface area (Å²) in [6.45, 7) is 1.93. The molecule has 1 fully saturated rings. The molecule has 2 aromatic heterocycles. The maximum atomic E-state index is 13.2. The molecule has 0 spiro atoms. The van der Waals surface area contributed by atoms with Gasteiger partial charge in [-0.15, -0.1) is 0 Å². The molecule has 3 aromatic rings. The Hall–Kier alpha value is -3.05. The van der Waals surface area contributed by atoms with Gasteiger partial charge in [-0.1, -0.05) is 12.1 Å². The van der Waals surface area contributed by atoms with Crippen LogP contribution in [0.1, 0.15) is 28.8 Å². The number of rotatable bonds is 6. The molecular weight excluding hydrogens is 350 g/mol. The number of carbonyl (C=O) groups excluding carboxylic acids is 1. The summed E-state index contributed by atoms with van der Waals surface area (Å²) >= 11 is 0. The highest BCUT2D eigenvalue weighted by molar-refractivity contribution is 5.94. The zero-order chi connectivity index (χ0) is 19.2.